The van der Waals surface area contributed by atoms with Crippen LogP contribution in [0.5, 0.6) is 0 Å². The molecule has 0 fully saturated rings. The Morgan fingerprint density at radius 1 is 1.33 bits per heavy atom. The Hall–Kier alpha value is -2.15. The summed E-state index contributed by atoms with van der Waals surface area (Å²) in [5, 5.41) is 0. The van der Waals surface area contributed by atoms with Crippen LogP contribution in [0.15, 0.2) is 77.5 Å². The lowest BCUT2D eigenvalue weighted by Crippen LogP contribution is -1.86. The zero-order chi connectivity index (χ0) is 15.5. The molecule has 0 aliphatic heterocycles. The fraction of sp³-hybridized carbons (Fsp3) is 0.250. The molecule has 0 amide bonds. The highest BCUT2D eigenvalue weighted by atomic mass is 14.7. The first-order valence-corrected chi connectivity index (χ1v) is 7.43. The van der Waals surface area contributed by atoms with Gasteiger partial charge in [0.2, 0.25) is 0 Å². The summed E-state index contributed by atoms with van der Waals surface area (Å²) in [6.07, 6.45) is 13.7. The van der Waals surface area contributed by atoms with Gasteiger partial charge in [0, 0.05) is 11.9 Å². The first kappa shape index (κ1) is 16.9. The van der Waals surface area contributed by atoms with Gasteiger partial charge in [0.05, 0.1) is 0 Å². The van der Waals surface area contributed by atoms with Crippen molar-refractivity contribution in [2.75, 3.05) is 0 Å². The largest absolute Gasteiger partial charge is 0.261 e. The highest BCUT2D eigenvalue weighted by molar-refractivity contribution is 5.83. The van der Waals surface area contributed by atoms with Crippen LogP contribution >= 0.6 is 0 Å². The van der Waals surface area contributed by atoms with Gasteiger partial charge in [0.15, 0.2) is 0 Å². The molecule has 110 valence electrons. The normalized spacial score (nSPS) is 13.3. The Morgan fingerprint density at radius 2 is 2.14 bits per heavy atom. The molecule has 0 aromatic heterocycles. The van der Waals surface area contributed by atoms with Gasteiger partial charge in [-0.25, -0.2) is 0 Å². The molecule has 21 heavy (non-hydrogen) atoms. The first-order chi connectivity index (χ1) is 10.2. The van der Waals surface area contributed by atoms with Crippen molar-refractivity contribution >= 4 is 6.21 Å². The summed E-state index contributed by atoms with van der Waals surface area (Å²) in [5.74, 6) is 0. The van der Waals surface area contributed by atoms with Gasteiger partial charge >= 0.3 is 0 Å². The topological polar surface area (TPSA) is 12.4 Å². The molecule has 1 rings (SSSR count). The number of allylic oxidation sites excluding steroid dienone is 7. The van der Waals surface area contributed by atoms with Gasteiger partial charge in [-0.2, -0.15) is 0 Å². The zero-order valence-corrected chi connectivity index (χ0v) is 13.3. The molecule has 0 spiro atoms. The van der Waals surface area contributed by atoms with E-state index in [1.165, 1.54) is 11.1 Å². The summed E-state index contributed by atoms with van der Waals surface area (Å²) in [4.78, 5) is 4.59. The van der Waals surface area contributed by atoms with Crippen LogP contribution in [0.25, 0.3) is 0 Å². The molecule has 0 aliphatic rings. The van der Waals surface area contributed by atoms with Gasteiger partial charge in [-0.15, -0.1) is 0 Å². The van der Waals surface area contributed by atoms with Crippen LogP contribution < -0.4 is 0 Å². The SMILES string of the molecule is C=C/C=C(\C=C/C)/C=N/C(=C\Cc1cccc(C)c1)CC. The van der Waals surface area contributed by atoms with Crippen molar-refractivity contribution in [3.8, 4) is 0 Å². The molecule has 1 nitrogen and oxygen atoms in total. The van der Waals surface area contributed by atoms with Gasteiger partial charge in [-0.05, 0) is 37.8 Å². The van der Waals surface area contributed by atoms with Crippen molar-refractivity contribution in [2.45, 2.75) is 33.6 Å². The maximum Gasteiger partial charge on any atom is 0.0364 e. The van der Waals surface area contributed by atoms with Crippen molar-refractivity contribution < 1.29 is 0 Å². The van der Waals surface area contributed by atoms with Crippen LogP contribution in [0.2, 0.25) is 0 Å². The van der Waals surface area contributed by atoms with Crippen molar-refractivity contribution in [1.82, 2.24) is 0 Å². The second kappa shape index (κ2) is 9.71. The monoisotopic (exact) mass is 279 g/mol. The molecule has 1 heteroatoms. The van der Waals surface area contributed by atoms with E-state index in [1.54, 1.807) is 6.08 Å². The van der Waals surface area contributed by atoms with Crippen LogP contribution in [0, 0.1) is 6.92 Å². The van der Waals surface area contributed by atoms with E-state index in [0.717, 1.165) is 24.1 Å². The van der Waals surface area contributed by atoms with E-state index < -0.39 is 0 Å². The summed E-state index contributed by atoms with van der Waals surface area (Å²) < 4.78 is 0. The predicted molar refractivity (Wildman–Crippen MR) is 94.8 cm³/mol. The van der Waals surface area contributed by atoms with E-state index in [2.05, 4.69) is 55.8 Å². The summed E-state index contributed by atoms with van der Waals surface area (Å²) in [6, 6.07) is 8.60. The molecular weight excluding hydrogens is 254 g/mol. The van der Waals surface area contributed by atoms with E-state index in [1.807, 2.05) is 31.4 Å². The molecule has 0 saturated heterocycles. The Balaban J connectivity index is 2.80. The Bertz CT molecular complexity index is 571. The fourth-order valence-electron chi connectivity index (χ4n) is 1.99. The van der Waals surface area contributed by atoms with E-state index in [0.29, 0.717) is 0 Å². The standard InChI is InChI=1S/C20H25N/c1-5-9-19(10-6-2)16-21-20(7-3)14-13-18-12-8-11-17(4)15-18/h5-6,8-12,14-16H,1,7,13H2,2-4H3/b10-6-,19-9+,20-14-,21-16+. The van der Waals surface area contributed by atoms with Crippen molar-refractivity contribution in [3.63, 3.8) is 0 Å². The minimum absolute atomic E-state index is 0.923. The molecule has 0 N–H and O–H groups in total. The Labute approximate surface area is 129 Å². The number of hydrogen-bond donors (Lipinski definition) is 0. The van der Waals surface area contributed by atoms with E-state index >= 15 is 0 Å². The molecule has 0 heterocycles. The minimum atomic E-state index is 0.923. The maximum atomic E-state index is 4.59. The molecule has 0 atom stereocenters. The van der Waals surface area contributed by atoms with Crippen molar-refractivity contribution in [3.05, 3.63) is 83.6 Å². The van der Waals surface area contributed by atoms with Gasteiger partial charge in [0.1, 0.15) is 0 Å². The average Bonchev–Trinajstić information content (AvgIpc) is 2.48. The Kier molecular flexibility index (Phi) is 7.81. The third kappa shape index (κ3) is 6.71. The van der Waals surface area contributed by atoms with Crippen LogP contribution in [-0.2, 0) is 6.42 Å². The fourth-order valence-corrected chi connectivity index (χ4v) is 1.99. The first-order valence-electron chi connectivity index (χ1n) is 7.43. The maximum absolute atomic E-state index is 4.59. The molecule has 0 unspecified atom stereocenters. The molecule has 0 aliphatic carbocycles. The summed E-state index contributed by atoms with van der Waals surface area (Å²) in [7, 11) is 0. The number of nitrogens with zero attached hydrogens (tertiary/aromatic N) is 1. The van der Waals surface area contributed by atoms with Crippen LogP contribution in [-0.4, -0.2) is 6.21 Å². The van der Waals surface area contributed by atoms with E-state index in [9.17, 15) is 0 Å². The van der Waals surface area contributed by atoms with Gasteiger partial charge in [0.25, 0.3) is 0 Å². The van der Waals surface area contributed by atoms with Gasteiger partial charge in [-0.1, -0.05) is 73.7 Å². The Morgan fingerprint density at radius 3 is 2.76 bits per heavy atom. The quantitative estimate of drug-likeness (QED) is 0.455. The van der Waals surface area contributed by atoms with E-state index in [4.69, 9.17) is 0 Å². The van der Waals surface area contributed by atoms with E-state index in [-0.39, 0.29) is 0 Å². The second-order valence-corrected chi connectivity index (χ2v) is 4.90. The average molecular weight is 279 g/mol. The summed E-state index contributed by atoms with van der Waals surface area (Å²) in [5.41, 5.74) is 4.79. The van der Waals surface area contributed by atoms with Gasteiger partial charge < -0.3 is 0 Å². The van der Waals surface area contributed by atoms with Crippen molar-refractivity contribution in [2.24, 2.45) is 4.99 Å². The highest BCUT2D eigenvalue weighted by Crippen LogP contribution is 2.10. The number of hydrogen-bond acceptors (Lipinski definition) is 1. The number of aliphatic imine (C=N–C) groups is 1. The molecule has 0 saturated carbocycles. The van der Waals surface area contributed by atoms with Gasteiger partial charge in [-0.3, -0.25) is 4.99 Å². The third-order valence-corrected chi connectivity index (χ3v) is 3.07. The third-order valence-electron chi connectivity index (χ3n) is 3.07. The zero-order valence-electron chi connectivity index (χ0n) is 13.3. The van der Waals surface area contributed by atoms with Crippen LogP contribution in [0.4, 0.5) is 0 Å². The lowest BCUT2D eigenvalue weighted by atomic mass is 10.1. The smallest absolute Gasteiger partial charge is 0.0364 e. The lowest BCUT2D eigenvalue weighted by molar-refractivity contribution is 1.04. The summed E-state index contributed by atoms with van der Waals surface area (Å²) >= 11 is 0. The molecule has 1 aromatic carbocycles. The highest BCUT2D eigenvalue weighted by Gasteiger charge is 1.94. The second-order valence-electron chi connectivity index (χ2n) is 4.90. The molecule has 0 bridgehead atoms. The predicted octanol–water partition coefficient (Wildman–Crippen LogP) is 5.59. The molecule has 0 radical (unpaired) electrons. The number of benzene rings is 1. The van der Waals surface area contributed by atoms with Crippen molar-refractivity contribution in [1.29, 1.82) is 0 Å². The molecular formula is C20H25N. The lowest BCUT2D eigenvalue weighted by Gasteiger charge is -2.01. The minimum Gasteiger partial charge on any atom is -0.261 e. The summed E-state index contributed by atoms with van der Waals surface area (Å²) in [6.45, 7) is 9.98. The van der Waals surface area contributed by atoms with Crippen LogP contribution in [0.3, 0.4) is 0 Å². The molecule has 1 aromatic rings. The number of rotatable bonds is 7. The number of aryl methyl sites for hydroxylation is 1. The van der Waals surface area contributed by atoms with Crippen LogP contribution in [0.1, 0.15) is 31.4 Å².